The van der Waals surface area contributed by atoms with Gasteiger partial charge in [0.05, 0.1) is 0 Å². The molecule has 2 heteroatoms. The summed E-state index contributed by atoms with van der Waals surface area (Å²) < 4.78 is 5.73. The summed E-state index contributed by atoms with van der Waals surface area (Å²) in [5, 5.41) is 3.53. The van der Waals surface area contributed by atoms with Gasteiger partial charge in [0.1, 0.15) is 12.4 Å². The van der Waals surface area contributed by atoms with Gasteiger partial charge in [0.25, 0.3) is 0 Å². The van der Waals surface area contributed by atoms with Gasteiger partial charge >= 0.3 is 0 Å². The van der Waals surface area contributed by atoms with Crippen LogP contribution in [0.15, 0.2) is 24.3 Å². The van der Waals surface area contributed by atoms with Gasteiger partial charge in [-0.1, -0.05) is 31.9 Å². The van der Waals surface area contributed by atoms with Crippen LogP contribution in [0.3, 0.4) is 0 Å². The second-order valence-electron chi connectivity index (χ2n) is 5.99. The minimum Gasteiger partial charge on any atom is -0.492 e. The van der Waals surface area contributed by atoms with Gasteiger partial charge < -0.3 is 10.1 Å². The van der Waals surface area contributed by atoms with Crippen LogP contribution in [-0.4, -0.2) is 19.7 Å². The number of ether oxygens (including phenoxy) is 1. The lowest BCUT2D eigenvalue weighted by atomic mass is 9.83. The molecule has 2 nitrogen and oxygen atoms in total. The van der Waals surface area contributed by atoms with Gasteiger partial charge in [-0.15, -0.1) is 0 Å². The minimum absolute atomic E-state index is 0.757. The van der Waals surface area contributed by atoms with E-state index in [1.807, 2.05) is 12.1 Å². The summed E-state index contributed by atoms with van der Waals surface area (Å²) in [6.45, 7) is 7.32. The molecular weight excluding hydrogens is 234 g/mol. The summed E-state index contributed by atoms with van der Waals surface area (Å²) in [4.78, 5) is 0. The largest absolute Gasteiger partial charge is 0.492 e. The molecule has 0 amide bonds. The lowest BCUT2D eigenvalue weighted by molar-refractivity contribution is 0.268. The van der Waals surface area contributed by atoms with Crippen LogP contribution in [0, 0.1) is 18.8 Å². The Labute approximate surface area is 117 Å². The summed E-state index contributed by atoms with van der Waals surface area (Å²) in [5.74, 6) is 2.81. The van der Waals surface area contributed by atoms with Crippen molar-refractivity contribution in [3.8, 4) is 5.75 Å². The quantitative estimate of drug-likeness (QED) is 0.787. The van der Waals surface area contributed by atoms with Crippen LogP contribution in [-0.2, 0) is 0 Å². The average Bonchev–Trinajstić information content (AvgIpc) is 2.41. The zero-order chi connectivity index (χ0) is 13.5. The maximum atomic E-state index is 5.73. The number of benzene rings is 1. The van der Waals surface area contributed by atoms with Crippen LogP contribution in [0.2, 0.25) is 0 Å². The Kier molecular flexibility index (Phi) is 5.71. The molecule has 0 atom stereocenters. The van der Waals surface area contributed by atoms with Crippen molar-refractivity contribution in [2.75, 3.05) is 19.7 Å². The second kappa shape index (κ2) is 7.54. The van der Waals surface area contributed by atoms with Gasteiger partial charge in [0, 0.05) is 6.54 Å². The fourth-order valence-electron chi connectivity index (χ4n) is 2.79. The smallest absolute Gasteiger partial charge is 0.119 e. The lowest BCUT2D eigenvalue weighted by Gasteiger charge is -2.26. The highest BCUT2D eigenvalue weighted by atomic mass is 16.5. The number of nitrogens with one attached hydrogen (secondary N) is 1. The minimum atomic E-state index is 0.757. The third-order valence-corrected chi connectivity index (χ3v) is 4.11. The van der Waals surface area contributed by atoms with E-state index in [9.17, 15) is 0 Å². The summed E-state index contributed by atoms with van der Waals surface area (Å²) >= 11 is 0. The van der Waals surface area contributed by atoms with Crippen LogP contribution < -0.4 is 10.1 Å². The number of rotatable bonds is 6. The van der Waals surface area contributed by atoms with Crippen LogP contribution in [0.4, 0.5) is 0 Å². The summed E-state index contributed by atoms with van der Waals surface area (Å²) in [5.41, 5.74) is 1.25. The number of hydrogen-bond donors (Lipinski definition) is 1. The lowest BCUT2D eigenvalue weighted by Crippen LogP contribution is -2.29. The van der Waals surface area contributed by atoms with E-state index in [2.05, 4.69) is 31.3 Å². The molecule has 106 valence electrons. The molecule has 0 aliphatic heterocycles. The molecule has 1 aromatic carbocycles. The maximum absolute atomic E-state index is 5.73. The number of hydrogen-bond acceptors (Lipinski definition) is 2. The average molecular weight is 261 g/mol. The van der Waals surface area contributed by atoms with Gasteiger partial charge in [-0.25, -0.2) is 0 Å². The van der Waals surface area contributed by atoms with Crippen molar-refractivity contribution < 1.29 is 4.74 Å². The Morgan fingerprint density at radius 3 is 2.74 bits per heavy atom. The highest BCUT2D eigenvalue weighted by molar-refractivity contribution is 5.27. The molecule has 1 aromatic rings. The fraction of sp³-hybridized carbons (Fsp3) is 0.647. The molecular formula is C17H27NO. The molecule has 0 heterocycles. The molecule has 19 heavy (non-hydrogen) atoms. The first-order chi connectivity index (χ1) is 9.24. The van der Waals surface area contributed by atoms with E-state index < -0.39 is 0 Å². The summed E-state index contributed by atoms with van der Waals surface area (Å²) in [6.07, 6.45) is 5.61. The molecule has 0 aromatic heterocycles. The third-order valence-electron chi connectivity index (χ3n) is 4.11. The fourth-order valence-corrected chi connectivity index (χ4v) is 2.79. The predicted octanol–water partition coefficient (Wildman–Crippen LogP) is 3.79. The maximum Gasteiger partial charge on any atom is 0.119 e. The molecule has 1 aliphatic rings. The van der Waals surface area contributed by atoms with E-state index in [1.54, 1.807) is 0 Å². The highest BCUT2D eigenvalue weighted by Crippen LogP contribution is 2.27. The van der Waals surface area contributed by atoms with Crippen LogP contribution in [0.1, 0.15) is 38.2 Å². The monoisotopic (exact) mass is 261 g/mol. The van der Waals surface area contributed by atoms with E-state index >= 15 is 0 Å². The van der Waals surface area contributed by atoms with Crippen molar-refractivity contribution >= 4 is 0 Å². The molecule has 1 fully saturated rings. The van der Waals surface area contributed by atoms with Crippen molar-refractivity contribution in [2.45, 2.75) is 39.5 Å². The van der Waals surface area contributed by atoms with E-state index in [4.69, 9.17) is 4.74 Å². The summed E-state index contributed by atoms with van der Waals surface area (Å²) in [6, 6.07) is 8.24. The van der Waals surface area contributed by atoms with E-state index in [1.165, 1.54) is 31.2 Å². The van der Waals surface area contributed by atoms with Crippen molar-refractivity contribution in [1.29, 1.82) is 0 Å². The standard InChI is InChI=1S/C17H27NO/c1-14-6-8-16(9-7-14)13-18-10-11-19-17-5-3-4-15(2)12-17/h3-5,12,14,16,18H,6-11,13H2,1-2H3. The van der Waals surface area contributed by atoms with E-state index in [-0.39, 0.29) is 0 Å². The molecule has 1 aliphatic carbocycles. The van der Waals surface area contributed by atoms with Crippen LogP contribution >= 0.6 is 0 Å². The Hall–Kier alpha value is -1.02. The molecule has 0 saturated heterocycles. The first-order valence-corrected chi connectivity index (χ1v) is 7.64. The van der Waals surface area contributed by atoms with Gasteiger partial charge in [0.15, 0.2) is 0 Å². The van der Waals surface area contributed by atoms with Gasteiger partial charge in [-0.05, 0) is 55.8 Å². The van der Waals surface area contributed by atoms with Crippen LogP contribution in [0.5, 0.6) is 5.75 Å². The molecule has 2 rings (SSSR count). The zero-order valence-electron chi connectivity index (χ0n) is 12.3. The highest BCUT2D eigenvalue weighted by Gasteiger charge is 2.17. The normalized spacial score (nSPS) is 23.3. The number of aryl methyl sites for hydroxylation is 1. The van der Waals surface area contributed by atoms with Crippen molar-refractivity contribution in [2.24, 2.45) is 11.8 Å². The predicted molar refractivity (Wildman–Crippen MR) is 80.7 cm³/mol. The Morgan fingerprint density at radius 2 is 2.00 bits per heavy atom. The Morgan fingerprint density at radius 1 is 1.21 bits per heavy atom. The van der Waals surface area contributed by atoms with Gasteiger partial charge in [-0.2, -0.15) is 0 Å². The van der Waals surface area contributed by atoms with Crippen molar-refractivity contribution in [1.82, 2.24) is 5.32 Å². The zero-order valence-corrected chi connectivity index (χ0v) is 12.3. The van der Waals surface area contributed by atoms with E-state index in [0.717, 1.165) is 37.3 Å². The molecule has 0 bridgehead atoms. The first-order valence-electron chi connectivity index (χ1n) is 7.64. The first kappa shape index (κ1) is 14.4. The van der Waals surface area contributed by atoms with Crippen molar-refractivity contribution in [3.05, 3.63) is 29.8 Å². The molecule has 0 radical (unpaired) electrons. The second-order valence-corrected chi connectivity index (χ2v) is 5.99. The Balaban J connectivity index is 1.55. The third kappa shape index (κ3) is 5.23. The van der Waals surface area contributed by atoms with Gasteiger partial charge in [0.2, 0.25) is 0 Å². The Bertz CT molecular complexity index is 369. The molecule has 0 unspecified atom stereocenters. The van der Waals surface area contributed by atoms with E-state index in [0.29, 0.717) is 0 Å². The topological polar surface area (TPSA) is 21.3 Å². The molecule has 1 N–H and O–H groups in total. The molecule has 1 saturated carbocycles. The van der Waals surface area contributed by atoms with Gasteiger partial charge in [-0.3, -0.25) is 0 Å². The van der Waals surface area contributed by atoms with Crippen LogP contribution in [0.25, 0.3) is 0 Å². The van der Waals surface area contributed by atoms with Crippen molar-refractivity contribution in [3.63, 3.8) is 0 Å². The SMILES string of the molecule is Cc1cccc(OCCNCC2CCC(C)CC2)c1. The molecule has 0 spiro atoms. The summed E-state index contributed by atoms with van der Waals surface area (Å²) in [7, 11) is 0.